The molecule has 0 aromatic heterocycles. The predicted molar refractivity (Wildman–Crippen MR) is 134 cm³/mol. The van der Waals surface area contributed by atoms with Crippen LogP contribution in [0.5, 0.6) is 0 Å². The normalized spacial score (nSPS) is 16.3. The van der Waals surface area contributed by atoms with Gasteiger partial charge in [0.15, 0.2) is 0 Å². The van der Waals surface area contributed by atoms with Crippen molar-refractivity contribution < 1.29 is 0 Å². The van der Waals surface area contributed by atoms with Crippen LogP contribution in [0.3, 0.4) is 0 Å². The number of hydrogen-bond donors (Lipinski definition) is 0. The summed E-state index contributed by atoms with van der Waals surface area (Å²) in [5.74, 6) is 0.546. The van der Waals surface area contributed by atoms with E-state index in [9.17, 15) is 0 Å². The molecule has 0 bridgehead atoms. The smallest absolute Gasteiger partial charge is 0.00269 e. The Labute approximate surface area is 187 Å². The molecular weight excluding hydrogens is 372 g/mol. The lowest BCUT2D eigenvalue weighted by Gasteiger charge is -2.09. The third-order valence-corrected chi connectivity index (χ3v) is 6.32. The molecule has 0 amide bonds. The summed E-state index contributed by atoms with van der Waals surface area (Å²) in [5, 5.41) is 0. The first kappa shape index (κ1) is 21.1. The van der Waals surface area contributed by atoms with Crippen LogP contribution in [0.15, 0.2) is 114 Å². The highest BCUT2D eigenvalue weighted by Gasteiger charge is 2.16. The Kier molecular flexibility index (Phi) is 6.67. The topological polar surface area (TPSA) is 0 Å². The number of rotatable bonds is 7. The summed E-state index contributed by atoms with van der Waals surface area (Å²) in [6.45, 7) is 8.72. The fraction of sp³-hybridized carbons (Fsp3) is 0.226. The van der Waals surface area contributed by atoms with Gasteiger partial charge in [0.25, 0.3) is 0 Å². The van der Waals surface area contributed by atoms with Crippen molar-refractivity contribution in [2.24, 2.45) is 0 Å². The van der Waals surface area contributed by atoms with E-state index in [2.05, 4.69) is 111 Å². The van der Waals surface area contributed by atoms with Crippen molar-refractivity contribution >= 4 is 0 Å². The van der Waals surface area contributed by atoms with Crippen LogP contribution in [0, 0.1) is 6.92 Å². The van der Waals surface area contributed by atoms with Gasteiger partial charge in [-0.25, -0.2) is 0 Å². The van der Waals surface area contributed by atoms with Crippen LogP contribution in [-0.2, 0) is 12.8 Å². The summed E-state index contributed by atoms with van der Waals surface area (Å²) < 4.78 is 0. The standard InChI is InChI=1S/C31H32/c1-23-9-16-30(17-10-23)31-18-15-29(22-31)20-25(3)24(2)19-27-11-13-28(14-12-27)21-26-7-5-4-6-8-26/h4-14,16-17,20,22,31H,2,15,18-19,21H2,1,3H3/b25-20+. The van der Waals surface area contributed by atoms with E-state index in [0.717, 1.165) is 19.3 Å². The minimum absolute atomic E-state index is 0.546. The van der Waals surface area contributed by atoms with Gasteiger partial charge in [-0.3, -0.25) is 0 Å². The molecule has 0 aliphatic heterocycles. The zero-order valence-corrected chi connectivity index (χ0v) is 18.8. The first-order chi connectivity index (χ1) is 15.1. The van der Waals surface area contributed by atoms with Crippen molar-refractivity contribution in [2.75, 3.05) is 0 Å². The van der Waals surface area contributed by atoms with Crippen molar-refractivity contribution in [3.05, 3.63) is 142 Å². The molecule has 31 heavy (non-hydrogen) atoms. The van der Waals surface area contributed by atoms with Crippen LogP contribution in [-0.4, -0.2) is 0 Å². The molecule has 1 aliphatic rings. The largest absolute Gasteiger partial charge is 0.0952 e. The first-order valence-corrected chi connectivity index (χ1v) is 11.3. The molecule has 0 fully saturated rings. The van der Waals surface area contributed by atoms with Gasteiger partial charge >= 0.3 is 0 Å². The molecule has 3 aromatic rings. The average Bonchev–Trinajstić information content (AvgIpc) is 3.24. The maximum atomic E-state index is 4.37. The molecule has 4 rings (SSSR count). The van der Waals surface area contributed by atoms with Gasteiger partial charge in [0.1, 0.15) is 0 Å². The van der Waals surface area contributed by atoms with Crippen LogP contribution in [0.1, 0.15) is 53.5 Å². The number of hydrogen-bond acceptors (Lipinski definition) is 0. The molecule has 0 saturated carbocycles. The quantitative estimate of drug-likeness (QED) is 0.349. The third kappa shape index (κ3) is 5.73. The molecular formula is C31H32. The summed E-state index contributed by atoms with van der Waals surface area (Å²) in [7, 11) is 0. The van der Waals surface area contributed by atoms with Crippen LogP contribution in [0.25, 0.3) is 0 Å². The molecule has 0 heterocycles. The molecule has 0 nitrogen and oxygen atoms in total. The lowest BCUT2D eigenvalue weighted by Crippen LogP contribution is -1.93. The Hall–Kier alpha value is -3.12. The fourth-order valence-corrected chi connectivity index (χ4v) is 4.32. The van der Waals surface area contributed by atoms with E-state index in [-0.39, 0.29) is 0 Å². The molecule has 0 saturated heterocycles. The van der Waals surface area contributed by atoms with Gasteiger partial charge in [0, 0.05) is 5.92 Å². The van der Waals surface area contributed by atoms with E-state index in [0.29, 0.717) is 5.92 Å². The molecule has 1 aliphatic carbocycles. The highest BCUT2D eigenvalue weighted by atomic mass is 14.2. The van der Waals surface area contributed by atoms with E-state index in [1.54, 1.807) is 0 Å². The molecule has 0 radical (unpaired) electrons. The second-order valence-corrected chi connectivity index (χ2v) is 8.88. The highest BCUT2D eigenvalue weighted by molar-refractivity contribution is 5.41. The van der Waals surface area contributed by atoms with Crippen LogP contribution in [0.4, 0.5) is 0 Å². The van der Waals surface area contributed by atoms with E-state index in [1.807, 2.05) is 0 Å². The number of benzene rings is 3. The van der Waals surface area contributed by atoms with Crippen molar-refractivity contribution in [1.82, 2.24) is 0 Å². The van der Waals surface area contributed by atoms with Crippen LogP contribution < -0.4 is 0 Å². The summed E-state index contributed by atoms with van der Waals surface area (Å²) in [4.78, 5) is 0. The minimum atomic E-state index is 0.546. The second kappa shape index (κ2) is 9.79. The highest BCUT2D eigenvalue weighted by Crippen LogP contribution is 2.34. The molecule has 0 spiro atoms. The third-order valence-electron chi connectivity index (χ3n) is 6.32. The van der Waals surface area contributed by atoms with Crippen molar-refractivity contribution in [1.29, 1.82) is 0 Å². The van der Waals surface area contributed by atoms with Crippen LogP contribution in [0.2, 0.25) is 0 Å². The number of aryl methyl sites for hydroxylation is 1. The van der Waals surface area contributed by atoms with E-state index >= 15 is 0 Å². The molecule has 1 atom stereocenters. The lowest BCUT2D eigenvalue weighted by atomic mass is 9.97. The van der Waals surface area contributed by atoms with Crippen molar-refractivity contribution in [2.45, 2.75) is 45.4 Å². The second-order valence-electron chi connectivity index (χ2n) is 8.88. The minimum Gasteiger partial charge on any atom is -0.0952 e. The zero-order chi connectivity index (χ0) is 21.6. The van der Waals surface area contributed by atoms with E-state index in [1.165, 1.54) is 51.0 Å². The maximum absolute atomic E-state index is 4.37. The zero-order valence-electron chi connectivity index (χ0n) is 18.8. The van der Waals surface area contributed by atoms with Gasteiger partial charge in [0.05, 0.1) is 0 Å². The first-order valence-electron chi connectivity index (χ1n) is 11.3. The SMILES string of the molecule is C=C(Cc1ccc(Cc2ccccc2)cc1)/C(C)=C/C1=CC(c2ccc(C)cc2)CC1. The van der Waals surface area contributed by atoms with Gasteiger partial charge in [0.2, 0.25) is 0 Å². The average molecular weight is 405 g/mol. The lowest BCUT2D eigenvalue weighted by molar-refractivity contribution is 0.795. The summed E-state index contributed by atoms with van der Waals surface area (Å²) in [5.41, 5.74) is 10.7. The molecule has 156 valence electrons. The Morgan fingerprint density at radius 2 is 1.52 bits per heavy atom. The van der Waals surface area contributed by atoms with E-state index < -0.39 is 0 Å². The van der Waals surface area contributed by atoms with Gasteiger partial charge < -0.3 is 0 Å². The number of allylic oxidation sites excluding steroid dienone is 5. The molecule has 0 heteroatoms. The van der Waals surface area contributed by atoms with Crippen molar-refractivity contribution in [3.8, 4) is 0 Å². The summed E-state index contributed by atoms with van der Waals surface area (Å²) in [6.07, 6.45) is 9.04. The van der Waals surface area contributed by atoms with E-state index in [4.69, 9.17) is 0 Å². The Balaban J connectivity index is 1.36. The molecule has 3 aromatic carbocycles. The Morgan fingerprint density at radius 3 is 2.23 bits per heavy atom. The van der Waals surface area contributed by atoms with Crippen LogP contribution >= 0.6 is 0 Å². The Bertz CT molecular complexity index is 1080. The van der Waals surface area contributed by atoms with Gasteiger partial charge in [-0.1, -0.05) is 109 Å². The van der Waals surface area contributed by atoms with Gasteiger partial charge in [-0.2, -0.15) is 0 Å². The maximum Gasteiger partial charge on any atom is 0.00269 e. The van der Waals surface area contributed by atoms with Gasteiger partial charge in [-0.15, -0.1) is 0 Å². The molecule has 0 N–H and O–H groups in total. The fourth-order valence-electron chi connectivity index (χ4n) is 4.32. The van der Waals surface area contributed by atoms with Gasteiger partial charge in [-0.05, 0) is 72.9 Å². The summed E-state index contributed by atoms with van der Waals surface area (Å²) in [6, 6.07) is 28.6. The van der Waals surface area contributed by atoms with Crippen molar-refractivity contribution in [3.63, 3.8) is 0 Å². The monoisotopic (exact) mass is 404 g/mol. The summed E-state index contributed by atoms with van der Waals surface area (Å²) >= 11 is 0. The predicted octanol–water partition coefficient (Wildman–Crippen LogP) is 8.13. The molecule has 1 unspecified atom stereocenters. The Morgan fingerprint density at radius 1 is 0.871 bits per heavy atom.